The Morgan fingerprint density at radius 3 is 2.30 bits per heavy atom. The molecule has 56 heavy (non-hydrogen) atoms. The summed E-state index contributed by atoms with van der Waals surface area (Å²) < 4.78 is 11.4. The number of rotatable bonds is 21. The van der Waals surface area contributed by atoms with Gasteiger partial charge in [0.2, 0.25) is 23.6 Å². The summed E-state index contributed by atoms with van der Waals surface area (Å²) in [5.74, 6) is -0.641. The molecular formula is C42H67N5O8S. The van der Waals surface area contributed by atoms with Gasteiger partial charge < -0.3 is 35.8 Å². The third-order valence-electron chi connectivity index (χ3n) is 11.1. The molecule has 1 aromatic carbocycles. The fraction of sp³-hybridized carbons (Fsp3) is 0.714. The van der Waals surface area contributed by atoms with E-state index >= 15 is 0 Å². The van der Waals surface area contributed by atoms with Crippen molar-refractivity contribution in [3.05, 3.63) is 29.8 Å². The normalized spacial score (nSPS) is 20.8. The van der Waals surface area contributed by atoms with Crippen LogP contribution in [0.2, 0.25) is 0 Å². The number of primary amides is 1. The molecule has 4 amide bonds. The van der Waals surface area contributed by atoms with Crippen molar-refractivity contribution >= 4 is 46.4 Å². The fourth-order valence-electron chi connectivity index (χ4n) is 7.07. The van der Waals surface area contributed by atoms with E-state index < -0.39 is 42.2 Å². The van der Waals surface area contributed by atoms with Crippen molar-refractivity contribution in [1.82, 2.24) is 15.5 Å². The Morgan fingerprint density at radius 1 is 1.04 bits per heavy atom. The van der Waals surface area contributed by atoms with Crippen molar-refractivity contribution < 1.29 is 38.6 Å². The maximum absolute atomic E-state index is 13.7. The SMILES string of the molecule is CCC(=O)NC(C(=O)N1CCCC1C(=O)OC(CC(C)CC(O)C(C)C1=NC(CCC(=O)NC(Cc2ccc(OC)cc2)C(N)=O)CS1)C(C)(C)C)C(C)CC. The number of hydrogen-bond donors (Lipinski definition) is 4. The van der Waals surface area contributed by atoms with Crippen molar-refractivity contribution in [2.24, 2.45) is 33.9 Å². The van der Waals surface area contributed by atoms with Gasteiger partial charge in [-0.2, -0.15) is 0 Å². The fourth-order valence-corrected chi connectivity index (χ4v) is 8.32. The summed E-state index contributed by atoms with van der Waals surface area (Å²) >= 11 is 1.59. The van der Waals surface area contributed by atoms with E-state index in [2.05, 4.69) is 10.6 Å². The highest BCUT2D eigenvalue weighted by Crippen LogP contribution is 2.34. The number of ether oxygens (including phenoxy) is 2. The second-order valence-electron chi connectivity index (χ2n) is 16.7. The second-order valence-corrected chi connectivity index (χ2v) is 17.8. The Balaban J connectivity index is 1.54. The minimum Gasteiger partial charge on any atom is -0.497 e. The van der Waals surface area contributed by atoms with E-state index in [-0.39, 0.29) is 66.2 Å². The molecule has 9 atom stereocenters. The first kappa shape index (κ1) is 46.7. The van der Waals surface area contributed by atoms with Crippen molar-refractivity contribution in [1.29, 1.82) is 0 Å². The molecule has 2 aliphatic heterocycles. The van der Waals surface area contributed by atoms with E-state index in [4.69, 9.17) is 20.2 Å². The molecule has 14 heteroatoms. The lowest BCUT2D eigenvalue weighted by atomic mass is 9.81. The number of esters is 1. The smallest absolute Gasteiger partial charge is 0.329 e. The molecule has 2 heterocycles. The molecule has 314 valence electrons. The topological polar surface area (TPSA) is 190 Å². The number of aliphatic imine (C=N–C) groups is 1. The number of nitrogens with two attached hydrogens (primary N) is 1. The highest BCUT2D eigenvalue weighted by atomic mass is 32.2. The van der Waals surface area contributed by atoms with Crippen LogP contribution in [-0.2, 0) is 35.1 Å². The van der Waals surface area contributed by atoms with E-state index in [1.165, 1.54) is 0 Å². The van der Waals surface area contributed by atoms with Crippen LogP contribution in [0.1, 0.15) is 112 Å². The molecule has 1 aromatic rings. The van der Waals surface area contributed by atoms with Crippen LogP contribution in [-0.4, -0.2) is 100 Å². The van der Waals surface area contributed by atoms with Gasteiger partial charge in [0.05, 0.1) is 24.3 Å². The molecule has 0 aliphatic carbocycles. The number of aliphatic hydroxyl groups excluding tert-OH is 1. The van der Waals surface area contributed by atoms with Crippen LogP contribution in [0.5, 0.6) is 5.75 Å². The zero-order valence-corrected chi connectivity index (χ0v) is 35.8. The molecule has 1 saturated heterocycles. The molecule has 0 radical (unpaired) electrons. The maximum Gasteiger partial charge on any atom is 0.329 e. The summed E-state index contributed by atoms with van der Waals surface area (Å²) in [5.41, 5.74) is 6.06. The predicted octanol–water partition coefficient (Wildman–Crippen LogP) is 4.81. The average molecular weight is 802 g/mol. The van der Waals surface area contributed by atoms with Gasteiger partial charge in [0.25, 0.3) is 0 Å². The van der Waals surface area contributed by atoms with Gasteiger partial charge in [0.15, 0.2) is 0 Å². The number of benzene rings is 1. The van der Waals surface area contributed by atoms with E-state index in [1.807, 2.05) is 60.6 Å². The maximum atomic E-state index is 13.7. The number of nitrogens with one attached hydrogen (secondary N) is 2. The molecule has 1 fully saturated rings. The summed E-state index contributed by atoms with van der Waals surface area (Å²) in [5, 5.41) is 17.8. The zero-order valence-electron chi connectivity index (χ0n) is 35.0. The molecule has 13 nitrogen and oxygen atoms in total. The first-order chi connectivity index (χ1) is 26.4. The van der Waals surface area contributed by atoms with Gasteiger partial charge in [-0.1, -0.05) is 73.9 Å². The van der Waals surface area contributed by atoms with Crippen LogP contribution in [0.3, 0.4) is 0 Å². The zero-order chi connectivity index (χ0) is 41.7. The van der Waals surface area contributed by atoms with Gasteiger partial charge in [-0.15, -0.1) is 11.8 Å². The Hall–Kier alpha value is -3.65. The third-order valence-corrected chi connectivity index (χ3v) is 12.4. The Bertz CT molecular complexity index is 1510. The highest BCUT2D eigenvalue weighted by molar-refractivity contribution is 8.14. The van der Waals surface area contributed by atoms with Crippen molar-refractivity contribution in [3.8, 4) is 5.75 Å². The predicted molar refractivity (Wildman–Crippen MR) is 220 cm³/mol. The molecule has 5 N–H and O–H groups in total. The van der Waals surface area contributed by atoms with Crippen molar-refractivity contribution in [3.63, 3.8) is 0 Å². The number of aliphatic hydroxyl groups is 1. The molecule has 9 unspecified atom stereocenters. The standard InChI is InChI=1S/C42H67N5O8S/c1-10-26(4)37(46-35(49)11-2)40(52)47-20-12-13-32(47)41(53)55-34(42(6,7)8)22-25(3)21-33(48)27(5)39-44-29(24-56-39)16-19-36(50)45-31(38(43)51)23-28-14-17-30(54-9)18-15-28/h14-15,17-18,25-27,29,31-34,37,48H,10-13,16,19-24H2,1-9H3,(H2,43,51)(H,45,50)(H,46,49). The molecule has 3 rings (SSSR count). The van der Waals surface area contributed by atoms with Crippen LogP contribution >= 0.6 is 11.8 Å². The van der Waals surface area contributed by atoms with Crippen molar-refractivity contribution in [2.75, 3.05) is 19.4 Å². The molecule has 2 aliphatic rings. The van der Waals surface area contributed by atoms with Gasteiger partial charge in [0, 0.05) is 37.5 Å². The summed E-state index contributed by atoms with van der Waals surface area (Å²) in [7, 11) is 1.58. The Kier molecular flexibility index (Phi) is 18.2. The monoisotopic (exact) mass is 801 g/mol. The summed E-state index contributed by atoms with van der Waals surface area (Å²) in [6.07, 6.45) is 3.01. The summed E-state index contributed by atoms with van der Waals surface area (Å²) in [4.78, 5) is 71.1. The minimum absolute atomic E-state index is 0.00689. The molecular weight excluding hydrogens is 735 g/mol. The lowest BCUT2D eigenvalue weighted by molar-refractivity contribution is -0.164. The van der Waals surface area contributed by atoms with Gasteiger partial charge in [-0.05, 0) is 67.1 Å². The van der Waals surface area contributed by atoms with Crippen LogP contribution < -0.4 is 21.1 Å². The van der Waals surface area contributed by atoms with Crippen LogP contribution in [0.4, 0.5) is 0 Å². The summed E-state index contributed by atoms with van der Waals surface area (Å²) in [6, 6.07) is 4.92. The average Bonchev–Trinajstić information content (AvgIpc) is 3.85. The first-order valence-electron chi connectivity index (χ1n) is 20.3. The number of hydrogen-bond acceptors (Lipinski definition) is 10. The van der Waals surface area contributed by atoms with E-state index in [9.17, 15) is 29.1 Å². The lowest BCUT2D eigenvalue weighted by Crippen LogP contribution is -2.54. The van der Waals surface area contributed by atoms with Gasteiger partial charge in [-0.25, -0.2) is 4.79 Å². The lowest BCUT2D eigenvalue weighted by Gasteiger charge is -2.35. The molecule has 0 spiro atoms. The number of carbonyl (C=O) groups is 5. The Morgan fingerprint density at radius 2 is 1.71 bits per heavy atom. The number of thioether (sulfide) groups is 1. The second kappa shape index (κ2) is 21.8. The number of likely N-dealkylation sites (tertiary alicyclic amines) is 1. The summed E-state index contributed by atoms with van der Waals surface area (Å²) in [6.45, 7) is 16.1. The van der Waals surface area contributed by atoms with Crippen LogP contribution in [0.15, 0.2) is 29.3 Å². The number of amides is 4. The first-order valence-corrected chi connectivity index (χ1v) is 21.3. The largest absolute Gasteiger partial charge is 0.497 e. The van der Waals surface area contributed by atoms with Crippen molar-refractivity contribution in [2.45, 2.75) is 150 Å². The Labute approximate surface area is 338 Å². The third kappa shape index (κ3) is 13.8. The van der Waals surface area contributed by atoms with Gasteiger partial charge in [-0.3, -0.25) is 24.2 Å². The van der Waals surface area contributed by atoms with Crippen LogP contribution in [0.25, 0.3) is 0 Å². The van der Waals surface area contributed by atoms with Gasteiger partial charge >= 0.3 is 5.97 Å². The van der Waals surface area contributed by atoms with Gasteiger partial charge in [0.1, 0.15) is 30.0 Å². The minimum atomic E-state index is -0.832. The quantitative estimate of drug-likeness (QED) is 0.127. The molecule has 0 aromatic heterocycles. The molecule has 0 bridgehead atoms. The highest BCUT2D eigenvalue weighted by Gasteiger charge is 2.42. The number of carbonyl (C=O) groups excluding carboxylic acids is 5. The molecule has 0 saturated carbocycles. The van der Waals surface area contributed by atoms with E-state index in [0.29, 0.717) is 56.6 Å². The van der Waals surface area contributed by atoms with Crippen LogP contribution in [0, 0.1) is 23.2 Å². The number of nitrogens with zero attached hydrogens (tertiary/aromatic N) is 2. The van der Waals surface area contributed by atoms with E-state index in [1.54, 1.807) is 42.8 Å². The number of methoxy groups -OCH3 is 1. The van der Waals surface area contributed by atoms with E-state index in [0.717, 1.165) is 10.6 Å².